The average molecular weight is 278 g/mol. The molecule has 3 fully saturated rings. The van der Waals surface area contributed by atoms with Crippen LogP contribution in [0, 0.1) is 5.92 Å². The van der Waals surface area contributed by atoms with Crippen LogP contribution in [-0.2, 0) is 9.59 Å². The van der Waals surface area contributed by atoms with Gasteiger partial charge in [-0.25, -0.2) is 0 Å². The van der Waals surface area contributed by atoms with E-state index in [2.05, 4.69) is 5.32 Å². The lowest BCUT2D eigenvalue weighted by Crippen LogP contribution is -2.70. The summed E-state index contributed by atoms with van der Waals surface area (Å²) in [6, 6.07) is -0.296. The molecular formula is C16H26N2O2. The average Bonchev–Trinajstić information content (AvgIpc) is 3.11. The summed E-state index contributed by atoms with van der Waals surface area (Å²) in [5.74, 6) is 0.889. The molecule has 1 spiro atoms. The number of nitrogens with zero attached hydrogens (tertiary/aromatic N) is 1. The molecule has 1 N–H and O–H groups in total. The van der Waals surface area contributed by atoms with E-state index in [1.165, 1.54) is 25.7 Å². The monoisotopic (exact) mass is 278 g/mol. The summed E-state index contributed by atoms with van der Waals surface area (Å²) in [5, 5.41) is 2.97. The molecule has 0 aromatic heterocycles. The second-order valence-corrected chi connectivity index (χ2v) is 6.77. The number of hydrogen-bond donors (Lipinski definition) is 1. The molecule has 20 heavy (non-hydrogen) atoms. The quantitative estimate of drug-likeness (QED) is 0.860. The van der Waals surface area contributed by atoms with Gasteiger partial charge in [-0.15, -0.1) is 0 Å². The van der Waals surface area contributed by atoms with Crippen molar-refractivity contribution in [3.8, 4) is 0 Å². The van der Waals surface area contributed by atoms with Crippen LogP contribution in [0.15, 0.2) is 0 Å². The molecule has 0 aromatic carbocycles. The van der Waals surface area contributed by atoms with Crippen molar-refractivity contribution in [3.05, 3.63) is 0 Å². The highest BCUT2D eigenvalue weighted by atomic mass is 16.2. The van der Waals surface area contributed by atoms with Gasteiger partial charge in [0.05, 0.1) is 0 Å². The highest BCUT2D eigenvalue weighted by molar-refractivity contribution is 6.00. The molecule has 2 amide bonds. The highest BCUT2D eigenvalue weighted by Gasteiger charge is 2.53. The first-order chi connectivity index (χ1) is 9.67. The Balaban J connectivity index is 1.85. The molecule has 4 nitrogen and oxygen atoms in total. The van der Waals surface area contributed by atoms with Crippen LogP contribution < -0.4 is 5.32 Å². The van der Waals surface area contributed by atoms with Gasteiger partial charge in [0.25, 0.3) is 0 Å². The van der Waals surface area contributed by atoms with Gasteiger partial charge in [0.15, 0.2) is 0 Å². The van der Waals surface area contributed by atoms with Crippen molar-refractivity contribution in [2.75, 3.05) is 6.54 Å². The molecule has 1 heterocycles. The van der Waals surface area contributed by atoms with E-state index >= 15 is 0 Å². The maximum atomic E-state index is 12.8. The Morgan fingerprint density at radius 3 is 2.40 bits per heavy atom. The summed E-state index contributed by atoms with van der Waals surface area (Å²) in [6.45, 7) is 2.78. The van der Waals surface area contributed by atoms with Crippen molar-refractivity contribution in [1.29, 1.82) is 0 Å². The van der Waals surface area contributed by atoms with E-state index in [0.29, 0.717) is 12.3 Å². The number of carbonyl (C=O) groups excluding carboxylic acids is 2. The minimum Gasteiger partial charge on any atom is -0.342 e. The lowest BCUT2D eigenvalue weighted by Gasteiger charge is -2.47. The second-order valence-electron chi connectivity index (χ2n) is 6.77. The fraction of sp³-hybridized carbons (Fsp3) is 0.875. The van der Waals surface area contributed by atoms with Crippen LogP contribution in [0.2, 0.25) is 0 Å². The molecule has 112 valence electrons. The van der Waals surface area contributed by atoms with E-state index in [4.69, 9.17) is 0 Å². The Morgan fingerprint density at radius 2 is 1.80 bits per heavy atom. The van der Waals surface area contributed by atoms with Gasteiger partial charge in [-0.3, -0.25) is 9.59 Å². The third-order valence-corrected chi connectivity index (χ3v) is 5.56. The Bertz CT molecular complexity index is 395. The molecular weight excluding hydrogens is 252 g/mol. The van der Waals surface area contributed by atoms with Crippen LogP contribution in [0.4, 0.5) is 0 Å². The summed E-state index contributed by atoms with van der Waals surface area (Å²) >= 11 is 0. The third kappa shape index (κ3) is 2.13. The number of hydrogen-bond acceptors (Lipinski definition) is 2. The van der Waals surface area contributed by atoms with Gasteiger partial charge in [-0.05, 0) is 38.0 Å². The van der Waals surface area contributed by atoms with Crippen LogP contribution in [0.1, 0.15) is 64.7 Å². The fourth-order valence-corrected chi connectivity index (χ4v) is 4.33. The van der Waals surface area contributed by atoms with Crippen molar-refractivity contribution in [1.82, 2.24) is 10.2 Å². The van der Waals surface area contributed by atoms with Crippen molar-refractivity contribution in [2.24, 2.45) is 5.92 Å². The summed E-state index contributed by atoms with van der Waals surface area (Å²) in [7, 11) is 0. The third-order valence-electron chi connectivity index (χ3n) is 5.56. The number of amides is 2. The Morgan fingerprint density at radius 1 is 1.15 bits per heavy atom. The summed E-state index contributed by atoms with van der Waals surface area (Å²) in [6.07, 6.45) is 9.54. The van der Waals surface area contributed by atoms with Gasteiger partial charge >= 0.3 is 0 Å². The summed E-state index contributed by atoms with van der Waals surface area (Å²) < 4.78 is 0. The topological polar surface area (TPSA) is 49.4 Å². The van der Waals surface area contributed by atoms with E-state index in [0.717, 1.165) is 32.2 Å². The SMILES string of the molecule is CCC1NC(=O)C2(CCCC2)N(CC2CCCC2)C1=O. The molecule has 1 aliphatic heterocycles. The predicted octanol–water partition coefficient (Wildman–Crippen LogP) is 2.23. The first-order valence-corrected chi connectivity index (χ1v) is 8.30. The van der Waals surface area contributed by atoms with Crippen molar-refractivity contribution in [2.45, 2.75) is 76.3 Å². The summed E-state index contributed by atoms with van der Waals surface area (Å²) in [4.78, 5) is 27.4. The molecule has 3 rings (SSSR count). The van der Waals surface area contributed by atoms with E-state index in [-0.39, 0.29) is 17.9 Å². The molecule has 0 radical (unpaired) electrons. The van der Waals surface area contributed by atoms with E-state index in [9.17, 15) is 9.59 Å². The second kappa shape index (κ2) is 5.38. The normalized spacial score (nSPS) is 30.2. The Kier molecular flexibility index (Phi) is 3.74. The lowest BCUT2D eigenvalue weighted by atomic mass is 9.87. The lowest BCUT2D eigenvalue weighted by molar-refractivity contribution is -0.158. The molecule has 1 saturated heterocycles. The van der Waals surface area contributed by atoms with Gasteiger partial charge in [-0.1, -0.05) is 32.6 Å². The van der Waals surface area contributed by atoms with E-state index < -0.39 is 5.54 Å². The maximum absolute atomic E-state index is 12.8. The Labute approximate surface area is 121 Å². The van der Waals surface area contributed by atoms with Gasteiger partial charge in [0.1, 0.15) is 11.6 Å². The number of carbonyl (C=O) groups is 2. The van der Waals surface area contributed by atoms with Gasteiger partial charge < -0.3 is 10.2 Å². The standard InChI is InChI=1S/C16H26N2O2/c1-2-13-14(19)18(11-12-7-3-4-8-12)16(15(20)17-13)9-5-6-10-16/h12-13H,2-11H2,1H3,(H,17,20). The highest BCUT2D eigenvalue weighted by Crippen LogP contribution is 2.40. The zero-order valence-corrected chi connectivity index (χ0v) is 12.5. The minimum atomic E-state index is -0.509. The zero-order valence-electron chi connectivity index (χ0n) is 12.5. The Hall–Kier alpha value is -1.06. The van der Waals surface area contributed by atoms with E-state index in [1.807, 2.05) is 11.8 Å². The smallest absolute Gasteiger partial charge is 0.246 e. The van der Waals surface area contributed by atoms with Crippen LogP contribution >= 0.6 is 0 Å². The van der Waals surface area contributed by atoms with Crippen molar-refractivity contribution < 1.29 is 9.59 Å². The van der Waals surface area contributed by atoms with Gasteiger partial charge in [0, 0.05) is 6.54 Å². The van der Waals surface area contributed by atoms with Crippen molar-refractivity contribution >= 4 is 11.8 Å². The summed E-state index contributed by atoms with van der Waals surface area (Å²) in [5.41, 5.74) is -0.509. The first-order valence-electron chi connectivity index (χ1n) is 8.30. The number of nitrogens with one attached hydrogen (secondary N) is 1. The predicted molar refractivity (Wildman–Crippen MR) is 77.1 cm³/mol. The number of piperazine rings is 1. The van der Waals surface area contributed by atoms with Crippen LogP contribution in [-0.4, -0.2) is 34.8 Å². The molecule has 0 bridgehead atoms. The van der Waals surface area contributed by atoms with E-state index in [1.54, 1.807) is 0 Å². The maximum Gasteiger partial charge on any atom is 0.246 e. The van der Waals surface area contributed by atoms with Crippen LogP contribution in [0.25, 0.3) is 0 Å². The van der Waals surface area contributed by atoms with Crippen LogP contribution in [0.3, 0.4) is 0 Å². The zero-order chi connectivity index (χ0) is 14.2. The first kappa shape index (κ1) is 13.9. The van der Waals surface area contributed by atoms with Gasteiger partial charge in [-0.2, -0.15) is 0 Å². The molecule has 1 atom stereocenters. The van der Waals surface area contributed by atoms with Gasteiger partial charge in [0.2, 0.25) is 11.8 Å². The van der Waals surface area contributed by atoms with Crippen LogP contribution in [0.5, 0.6) is 0 Å². The molecule has 4 heteroatoms. The molecule has 2 aliphatic carbocycles. The molecule has 3 aliphatic rings. The molecule has 1 unspecified atom stereocenters. The van der Waals surface area contributed by atoms with Crippen molar-refractivity contribution in [3.63, 3.8) is 0 Å². The number of rotatable bonds is 3. The molecule has 2 saturated carbocycles. The largest absolute Gasteiger partial charge is 0.342 e. The minimum absolute atomic E-state index is 0.111. The molecule has 0 aromatic rings. The fourth-order valence-electron chi connectivity index (χ4n) is 4.33.